The second-order valence-electron chi connectivity index (χ2n) is 8.91. The Hall–Kier alpha value is -2.52. The number of hydrogen-bond donors (Lipinski definition) is 1. The first kappa shape index (κ1) is 23.6. The summed E-state index contributed by atoms with van der Waals surface area (Å²) < 4.78 is 1.53. The maximum absolute atomic E-state index is 13.4. The molecule has 1 aromatic heterocycles. The maximum atomic E-state index is 13.4. The van der Waals surface area contributed by atoms with E-state index in [1.807, 2.05) is 26.8 Å². The van der Waals surface area contributed by atoms with Crippen molar-refractivity contribution in [2.75, 3.05) is 18.0 Å². The van der Waals surface area contributed by atoms with Crippen LogP contribution >= 0.6 is 23.2 Å². The van der Waals surface area contributed by atoms with E-state index in [0.717, 1.165) is 43.7 Å². The fourth-order valence-corrected chi connectivity index (χ4v) is 5.65. The fourth-order valence-electron chi connectivity index (χ4n) is 5.27. The summed E-state index contributed by atoms with van der Waals surface area (Å²) >= 11 is 12.6. The van der Waals surface area contributed by atoms with Crippen molar-refractivity contribution < 1.29 is 0 Å². The number of nitrogens with two attached hydrogens (primary N) is 1. The molecule has 1 aromatic carbocycles. The van der Waals surface area contributed by atoms with Gasteiger partial charge in [-0.15, -0.1) is 6.42 Å². The van der Waals surface area contributed by atoms with Crippen LogP contribution in [0.2, 0.25) is 10.0 Å². The standard InChI is InChI=1S/C26H28Cl2N4O/c1-5-8-19-18(6-2)15-26(23(19)29)11-13-31(14-12-26)24-16(3)25(33)32(17(4)30-24)21-10-7-9-20(27)22(21)28/h1,6-10,23H,11-15,29H2,2-4H3/b18-6-,19-8+/t23-/m1/s1. The predicted molar refractivity (Wildman–Crippen MR) is 136 cm³/mol. The number of aromatic nitrogens is 2. The van der Waals surface area contributed by atoms with E-state index in [4.69, 9.17) is 40.3 Å². The first-order valence-electron chi connectivity index (χ1n) is 11.1. The van der Waals surface area contributed by atoms with E-state index in [9.17, 15) is 4.79 Å². The Bertz CT molecular complexity index is 1260. The number of allylic oxidation sites excluding steroid dienone is 2. The largest absolute Gasteiger partial charge is 0.356 e. The SMILES string of the molecule is C#C/C=C1\C(=C/C)CC2(CCN(c3nc(C)n(-c4cccc(Cl)c4Cl)c(=O)c3C)CC2)[C@@H]1N. The highest BCUT2D eigenvalue weighted by atomic mass is 35.5. The number of benzene rings is 1. The highest BCUT2D eigenvalue weighted by Crippen LogP contribution is 2.50. The van der Waals surface area contributed by atoms with E-state index < -0.39 is 0 Å². The van der Waals surface area contributed by atoms with Crippen LogP contribution in [0.25, 0.3) is 5.69 Å². The van der Waals surface area contributed by atoms with Crippen molar-refractivity contribution in [3.05, 3.63) is 73.3 Å². The molecular weight excluding hydrogens is 455 g/mol. The number of anilines is 1. The lowest BCUT2D eigenvalue weighted by Crippen LogP contribution is -2.48. The van der Waals surface area contributed by atoms with Gasteiger partial charge in [0.2, 0.25) is 0 Å². The van der Waals surface area contributed by atoms with E-state index in [1.54, 1.807) is 18.2 Å². The summed E-state index contributed by atoms with van der Waals surface area (Å²) in [6.07, 6.45) is 12.3. The second-order valence-corrected chi connectivity index (χ2v) is 9.69. The summed E-state index contributed by atoms with van der Waals surface area (Å²) in [6, 6.07) is 5.17. The number of nitrogens with zero attached hydrogens (tertiary/aromatic N) is 3. The summed E-state index contributed by atoms with van der Waals surface area (Å²) in [5, 5.41) is 0.735. The van der Waals surface area contributed by atoms with Crippen molar-refractivity contribution >= 4 is 29.0 Å². The molecule has 1 spiro atoms. The van der Waals surface area contributed by atoms with Crippen LogP contribution in [0.15, 0.2) is 46.3 Å². The molecule has 0 radical (unpaired) electrons. The van der Waals surface area contributed by atoms with Crippen LogP contribution in [0.4, 0.5) is 5.82 Å². The van der Waals surface area contributed by atoms with Crippen LogP contribution in [-0.2, 0) is 0 Å². The van der Waals surface area contributed by atoms with Gasteiger partial charge in [0.25, 0.3) is 5.56 Å². The van der Waals surface area contributed by atoms with E-state index in [1.165, 1.54) is 10.1 Å². The molecule has 1 saturated heterocycles. The lowest BCUT2D eigenvalue weighted by molar-refractivity contribution is 0.210. The highest BCUT2D eigenvalue weighted by molar-refractivity contribution is 6.43. The molecule has 1 aliphatic heterocycles. The Balaban J connectivity index is 1.64. The molecule has 1 saturated carbocycles. The summed E-state index contributed by atoms with van der Waals surface area (Å²) in [6.45, 7) is 7.23. The first-order valence-corrected chi connectivity index (χ1v) is 11.9. The summed E-state index contributed by atoms with van der Waals surface area (Å²) in [5.74, 6) is 3.94. The Morgan fingerprint density at radius 1 is 1.27 bits per heavy atom. The van der Waals surface area contributed by atoms with Gasteiger partial charge in [-0.2, -0.15) is 0 Å². The first-order chi connectivity index (χ1) is 15.7. The van der Waals surface area contributed by atoms with Crippen molar-refractivity contribution in [1.82, 2.24) is 9.55 Å². The van der Waals surface area contributed by atoms with Crippen molar-refractivity contribution in [2.45, 2.75) is 46.1 Å². The van der Waals surface area contributed by atoms with Gasteiger partial charge >= 0.3 is 0 Å². The molecule has 0 amide bonds. The van der Waals surface area contributed by atoms with E-state index in [2.05, 4.69) is 16.9 Å². The molecule has 7 heteroatoms. The van der Waals surface area contributed by atoms with Crippen molar-refractivity contribution in [3.63, 3.8) is 0 Å². The van der Waals surface area contributed by atoms with Gasteiger partial charge in [-0.05, 0) is 74.8 Å². The Kier molecular flexibility index (Phi) is 6.46. The molecule has 33 heavy (non-hydrogen) atoms. The van der Waals surface area contributed by atoms with E-state index >= 15 is 0 Å². The third kappa shape index (κ3) is 3.91. The average molecular weight is 483 g/mol. The Morgan fingerprint density at radius 2 is 1.97 bits per heavy atom. The molecule has 2 fully saturated rings. The van der Waals surface area contributed by atoms with Gasteiger partial charge in [0.1, 0.15) is 11.6 Å². The molecule has 1 atom stereocenters. The third-order valence-electron chi connectivity index (χ3n) is 7.18. The Morgan fingerprint density at radius 3 is 2.61 bits per heavy atom. The van der Waals surface area contributed by atoms with Crippen molar-refractivity contribution in [3.8, 4) is 18.0 Å². The molecule has 0 unspecified atom stereocenters. The minimum absolute atomic E-state index is 0.00667. The van der Waals surface area contributed by atoms with Crippen LogP contribution in [0.5, 0.6) is 0 Å². The summed E-state index contributed by atoms with van der Waals surface area (Å²) in [7, 11) is 0. The molecule has 2 N–H and O–H groups in total. The van der Waals surface area contributed by atoms with Crippen LogP contribution in [-0.4, -0.2) is 28.7 Å². The topological polar surface area (TPSA) is 64.2 Å². The zero-order valence-corrected chi connectivity index (χ0v) is 20.7. The van der Waals surface area contributed by atoms with Crippen molar-refractivity contribution in [1.29, 1.82) is 0 Å². The van der Waals surface area contributed by atoms with Crippen LogP contribution in [0.1, 0.15) is 37.6 Å². The predicted octanol–water partition coefficient (Wildman–Crippen LogP) is 4.98. The highest BCUT2D eigenvalue weighted by Gasteiger charge is 2.47. The minimum atomic E-state index is -0.144. The van der Waals surface area contributed by atoms with Gasteiger partial charge in [0.05, 0.1) is 21.3 Å². The van der Waals surface area contributed by atoms with Gasteiger partial charge in [-0.1, -0.05) is 41.3 Å². The van der Waals surface area contributed by atoms with E-state index in [-0.39, 0.29) is 17.0 Å². The summed E-state index contributed by atoms with van der Waals surface area (Å²) in [4.78, 5) is 20.4. The number of terminal acetylenes is 1. The van der Waals surface area contributed by atoms with Gasteiger partial charge in [-0.25, -0.2) is 4.98 Å². The number of rotatable bonds is 2. The van der Waals surface area contributed by atoms with Gasteiger partial charge < -0.3 is 10.6 Å². The zero-order chi connectivity index (χ0) is 23.9. The number of hydrogen-bond acceptors (Lipinski definition) is 4. The minimum Gasteiger partial charge on any atom is -0.356 e. The maximum Gasteiger partial charge on any atom is 0.263 e. The fraction of sp³-hybridized carbons (Fsp3) is 0.385. The molecular formula is C26H28Cl2N4O. The normalized spacial score (nSPS) is 22.3. The lowest BCUT2D eigenvalue weighted by Gasteiger charge is -2.42. The lowest BCUT2D eigenvalue weighted by atomic mass is 9.73. The quantitative estimate of drug-likeness (QED) is 0.612. The zero-order valence-electron chi connectivity index (χ0n) is 19.2. The summed E-state index contributed by atoms with van der Waals surface area (Å²) in [5.41, 5.74) is 10.0. The smallest absolute Gasteiger partial charge is 0.263 e. The van der Waals surface area contributed by atoms with Gasteiger partial charge in [0.15, 0.2) is 0 Å². The molecule has 1 aliphatic carbocycles. The average Bonchev–Trinajstić information content (AvgIpc) is 3.06. The second kappa shape index (κ2) is 9.02. The molecule has 172 valence electrons. The molecule has 2 heterocycles. The van der Waals surface area contributed by atoms with Crippen molar-refractivity contribution in [2.24, 2.45) is 11.1 Å². The number of piperidine rings is 1. The Labute approximate surface area is 204 Å². The number of halogens is 2. The molecule has 2 aliphatic rings. The van der Waals surface area contributed by atoms with Crippen LogP contribution in [0.3, 0.4) is 0 Å². The third-order valence-corrected chi connectivity index (χ3v) is 7.99. The molecule has 5 nitrogen and oxygen atoms in total. The van der Waals surface area contributed by atoms with Gasteiger partial charge in [-0.3, -0.25) is 9.36 Å². The molecule has 0 bridgehead atoms. The van der Waals surface area contributed by atoms with Gasteiger partial charge in [0, 0.05) is 19.1 Å². The molecule has 2 aromatic rings. The van der Waals surface area contributed by atoms with Crippen LogP contribution < -0.4 is 16.2 Å². The van der Waals surface area contributed by atoms with E-state index in [0.29, 0.717) is 27.1 Å². The van der Waals surface area contributed by atoms with Crippen LogP contribution in [0, 0.1) is 31.6 Å². The number of aryl methyl sites for hydroxylation is 1. The molecule has 4 rings (SSSR count). The monoisotopic (exact) mass is 482 g/mol.